The predicted molar refractivity (Wildman–Crippen MR) is 110 cm³/mol. The number of sulfonamides is 1. The zero-order chi connectivity index (χ0) is 21.0. The van der Waals surface area contributed by atoms with Crippen molar-refractivity contribution in [1.29, 1.82) is 0 Å². The quantitative estimate of drug-likeness (QED) is 0.727. The third-order valence-corrected chi connectivity index (χ3v) is 6.70. The van der Waals surface area contributed by atoms with Crippen molar-refractivity contribution in [1.82, 2.24) is 9.62 Å². The van der Waals surface area contributed by atoms with Crippen LogP contribution in [0.4, 0.5) is 0 Å². The van der Waals surface area contributed by atoms with Crippen molar-refractivity contribution in [2.45, 2.75) is 37.6 Å². The Morgan fingerprint density at radius 3 is 2.45 bits per heavy atom. The molecule has 1 aliphatic heterocycles. The third kappa shape index (κ3) is 4.94. The Balaban J connectivity index is 1.63. The van der Waals surface area contributed by atoms with Gasteiger partial charge in [-0.05, 0) is 49.6 Å². The number of nitrogens with one attached hydrogen (secondary N) is 1. The van der Waals surface area contributed by atoms with Crippen LogP contribution in [-0.4, -0.2) is 50.9 Å². The number of hydrogen-bond acceptors (Lipinski definition) is 5. The van der Waals surface area contributed by atoms with Gasteiger partial charge in [-0.1, -0.05) is 30.3 Å². The molecule has 2 aromatic carbocycles. The monoisotopic (exact) mass is 418 g/mol. The molecule has 0 unspecified atom stereocenters. The van der Waals surface area contributed by atoms with Crippen molar-refractivity contribution < 1.29 is 22.7 Å². The number of nitrogens with zero attached hydrogens (tertiary/aromatic N) is 1. The summed E-state index contributed by atoms with van der Waals surface area (Å²) in [5, 5.41) is 1.76. The molecule has 156 valence electrons. The van der Waals surface area contributed by atoms with E-state index in [4.69, 9.17) is 4.74 Å². The molecule has 1 amide bonds. The van der Waals surface area contributed by atoms with E-state index < -0.39 is 16.1 Å². The van der Waals surface area contributed by atoms with Gasteiger partial charge in [0.1, 0.15) is 0 Å². The lowest BCUT2D eigenvalue weighted by Crippen LogP contribution is -2.49. The molecule has 0 aromatic heterocycles. The number of piperidine rings is 1. The first-order chi connectivity index (χ1) is 13.8. The maximum Gasteiger partial charge on any atom is 0.309 e. The Bertz CT molecular complexity index is 997. The van der Waals surface area contributed by atoms with Gasteiger partial charge in [-0.2, -0.15) is 4.72 Å². The zero-order valence-electron chi connectivity index (χ0n) is 16.6. The topological polar surface area (TPSA) is 92.8 Å². The van der Waals surface area contributed by atoms with Gasteiger partial charge >= 0.3 is 5.97 Å². The molecule has 7 nitrogen and oxygen atoms in total. The first-order valence-electron chi connectivity index (χ1n) is 9.78. The second-order valence-corrected chi connectivity index (χ2v) is 8.92. The summed E-state index contributed by atoms with van der Waals surface area (Å²) in [5.41, 5.74) is 0. The Hall–Kier alpha value is -2.45. The number of benzene rings is 2. The Morgan fingerprint density at radius 1 is 1.14 bits per heavy atom. The molecule has 1 atom stereocenters. The van der Waals surface area contributed by atoms with Gasteiger partial charge in [0.2, 0.25) is 15.9 Å². The van der Waals surface area contributed by atoms with Crippen molar-refractivity contribution in [2.75, 3.05) is 19.7 Å². The Morgan fingerprint density at radius 2 is 1.79 bits per heavy atom. The molecule has 0 bridgehead atoms. The van der Waals surface area contributed by atoms with Gasteiger partial charge < -0.3 is 9.64 Å². The second kappa shape index (κ2) is 8.92. The SMILES string of the molecule is CCOC(=O)C1CCN(C(=O)[C@H](C)NS(=O)(=O)c2ccc3ccccc3c2)CC1. The zero-order valence-corrected chi connectivity index (χ0v) is 17.4. The van der Waals surface area contributed by atoms with E-state index in [1.165, 1.54) is 6.07 Å². The summed E-state index contributed by atoms with van der Waals surface area (Å²) in [6.07, 6.45) is 1.05. The summed E-state index contributed by atoms with van der Waals surface area (Å²) in [6.45, 7) is 4.46. The fourth-order valence-electron chi connectivity index (χ4n) is 3.56. The highest BCUT2D eigenvalue weighted by molar-refractivity contribution is 7.89. The fourth-order valence-corrected chi connectivity index (χ4v) is 4.79. The smallest absolute Gasteiger partial charge is 0.309 e. The van der Waals surface area contributed by atoms with Crippen LogP contribution in [0.25, 0.3) is 10.8 Å². The van der Waals surface area contributed by atoms with E-state index in [1.807, 2.05) is 24.3 Å². The van der Waals surface area contributed by atoms with E-state index in [1.54, 1.807) is 30.9 Å². The van der Waals surface area contributed by atoms with E-state index in [0.717, 1.165) is 10.8 Å². The van der Waals surface area contributed by atoms with Crippen LogP contribution >= 0.6 is 0 Å². The molecule has 1 N–H and O–H groups in total. The van der Waals surface area contributed by atoms with Gasteiger partial charge in [-0.3, -0.25) is 9.59 Å². The summed E-state index contributed by atoms with van der Waals surface area (Å²) in [4.78, 5) is 26.3. The molecule has 1 fully saturated rings. The average Bonchev–Trinajstić information content (AvgIpc) is 2.72. The number of amides is 1. The Labute approximate surface area is 171 Å². The molecule has 8 heteroatoms. The lowest BCUT2D eigenvalue weighted by molar-refractivity contribution is -0.151. The second-order valence-electron chi connectivity index (χ2n) is 7.20. The number of rotatable bonds is 6. The molecule has 29 heavy (non-hydrogen) atoms. The van der Waals surface area contributed by atoms with Crippen molar-refractivity contribution in [3.8, 4) is 0 Å². The summed E-state index contributed by atoms with van der Waals surface area (Å²) in [5.74, 6) is -0.732. The summed E-state index contributed by atoms with van der Waals surface area (Å²) in [7, 11) is -3.84. The average molecular weight is 419 g/mol. The highest BCUT2D eigenvalue weighted by atomic mass is 32.2. The minimum absolute atomic E-state index is 0.122. The van der Waals surface area contributed by atoms with Gasteiger partial charge in [0.15, 0.2) is 0 Å². The van der Waals surface area contributed by atoms with Gasteiger partial charge in [-0.25, -0.2) is 8.42 Å². The van der Waals surface area contributed by atoms with Crippen LogP contribution in [0.5, 0.6) is 0 Å². The van der Waals surface area contributed by atoms with Gasteiger partial charge in [-0.15, -0.1) is 0 Å². The van der Waals surface area contributed by atoms with Gasteiger partial charge in [0.05, 0.1) is 23.5 Å². The van der Waals surface area contributed by atoms with Crippen LogP contribution in [0.15, 0.2) is 47.4 Å². The first kappa shape index (κ1) is 21.3. The maximum atomic E-state index is 12.7. The number of likely N-dealkylation sites (tertiary alicyclic amines) is 1. The van der Waals surface area contributed by atoms with E-state index in [2.05, 4.69) is 4.72 Å². The van der Waals surface area contributed by atoms with E-state index in [0.29, 0.717) is 32.5 Å². The maximum absolute atomic E-state index is 12.7. The third-order valence-electron chi connectivity index (χ3n) is 5.16. The molecule has 2 aromatic rings. The van der Waals surface area contributed by atoms with Crippen LogP contribution in [0.1, 0.15) is 26.7 Å². The largest absolute Gasteiger partial charge is 0.466 e. The lowest BCUT2D eigenvalue weighted by atomic mass is 9.96. The van der Waals surface area contributed by atoms with Crippen LogP contribution in [0.3, 0.4) is 0 Å². The van der Waals surface area contributed by atoms with Gasteiger partial charge in [0.25, 0.3) is 0 Å². The molecule has 1 saturated heterocycles. The molecular formula is C21H26N2O5S. The number of fused-ring (bicyclic) bond motifs is 1. The van der Waals surface area contributed by atoms with Crippen molar-refractivity contribution in [3.63, 3.8) is 0 Å². The molecule has 0 radical (unpaired) electrons. The number of carbonyl (C=O) groups is 2. The molecule has 1 aliphatic rings. The fraction of sp³-hybridized carbons (Fsp3) is 0.429. The van der Waals surface area contributed by atoms with Crippen LogP contribution < -0.4 is 4.72 Å². The van der Waals surface area contributed by atoms with Crippen molar-refractivity contribution in [3.05, 3.63) is 42.5 Å². The van der Waals surface area contributed by atoms with Crippen molar-refractivity contribution >= 4 is 32.7 Å². The van der Waals surface area contributed by atoms with Crippen LogP contribution in [0, 0.1) is 5.92 Å². The van der Waals surface area contributed by atoms with Crippen LogP contribution in [-0.2, 0) is 24.3 Å². The molecule has 1 heterocycles. The summed E-state index contributed by atoms with van der Waals surface area (Å²) in [6, 6.07) is 11.5. The number of carbonyl (C=O) groups excluding carboxylic acids is 2. The van der Waals surface area contributed by atoms with E-state index in [9.17, 15) is 18.0 Å². The minimum Gasteiger partial charge on any atom is -0.466 e. The van der Waals surface area contributed by atoms with Gasteiger partial charge in [0, 0.05) is 13.1 Å². The first-order valence-corrected chi connectivity index (χ1v) is 11.3. The summed E-state index contributed by atoms with van der Waals surface area (Å²) < 4.78 is 33.0. The molecular weight excluding hydrogens is 392 g/mol. The molecule has 0 spiro atoms. The normalized spacial score (nSPS) is 16.6. The number of ether oxygens (including phenoxy) is 1. The predicted octanol–water partition coefficient (Wildman–Crippen LogP) is 2.31. The highest BCUT2D eigenvalue weighted by Crippen LogP contribution is 2.21. The molecule has 3 rings (SSSR count). The number of hydrogen-bond donors (Lipinski definition) is 1. The summed E-state index contributed by atoms with van der Waals surface area (Å²) >= 11 is 0. The van der Waals surface area contributed by atoms with E-state index in [-0.39, 0.29) is 22.7 Å². The Kier molecular flexibility index (Phi) is 6.54. The standard InChI is InChI=1S/C21H26N2O5S/c1-3-28-21(25)17-10-12-23(13-11-17)20(24)15(2)22-29(26,27)19-9-8-16-6-4-5-7-18(16)14-19/h4-9,14-15,17,22H,3,10-13H2,1-2H3/t15-/m0/s1. The van der Waals surface area contributed by atoms with Crippen molar-refractivity contribution in [2.24, 2.45) is 5.92 Å². The highest BCUT2D eigenvalue weighted by Gasteiger charge is 2.31. The van der Waals surface area contributed by atoms with E-state index >= 15 is 0 Å². The molecule has 0 aliphatic carbocycles. The molecule has 0 saturated carbocycles. The number of esters is 1. The van der Waals surface area contributed by atoms with Crippen LogP contribution in [0.2, 0.25) is 0 Å². The minimum atomic E-state index is -3.84. The lowest BCUT2D eigenvalue weighted by Gasteiger charge is -2.32.